The van der Waals surface area contributed by atoms with Crippen LogP contribution in [-0.2, 0) is 20.8 Å². The van der Waals surface area contributed by atoms with Gasteiger partial charge < -0.3 is 15.5 Å². The number of anilines is 1. The van der Waals surface area contributed by atoms with E-state index in [1.807, 2.05) is 77.1 Å². The van der Waals surface area contributed by atoms with Crippen LogP contribution in [0.25, 0.3) is 0 Å². The van der Waals surface area contributed by atoms with Crippen molar-refractivity contribution in [2.24, 2.45) is 5.92 Å². The number of benzene rings is 2. The molecule has 0 saturated carbocycles. The van der Waals surface area contributed by atoms with Gasteiger partial charge in [0.2, 0.25) is 17.7 Å². The van der Waals surface area contributed by atoms with Crippen LogP contribution in [0.3, 0.4) is 0 Å². The van der Waals surface area contributed by atoms with Gasteiger partial charge in [0.15, 0.2) is 0 Å². The van der Waals surface area contributed by atoms with Crippen LogP contribution < -0.4 is 10.6 Å². The number of amides is 3. The second-order valence-corrected chi connectivity index (χ2v) is 8.47. The number of likely N-dealkylation sites (N-methyl/N-ethyl adjacent to an activating group) is 1. The van der Waals surface area contributed by atoms with Gasteiger partial charge in [0.1, 0.15) is 6.04 Å². The lowest BCUT2D eigenvalue weighted by atomic mass is 10.0. The summed E-state index contributed by atoms with van der Waals surface area (Å²) in [5.74, 6) is -0.894. The molecule has 0 saturated heterocycles. The summed E-state index contributed by atoms with van der Waals surface area (Å²) < 4.78 is 0. The highest BCUT2D eigenvalue weighted by Crippen LogP contribution is 2.21. The van der Waals surface area contributed by atoms with Gasteiger partial charge in [0.25, 0.3) is 0 Å². The topological polar surface area (TPSA) is 78.5 Å². The van der Waals surface area contributed by atoms with E-state index in [9.17, 15) is 14.4 Å². The first-order valence-electron chi connectivity index (χ1n) is 10.5. The van der Waals surface area contributed by atoms with Crippen LogP contribution in [0, 0.1) is 26.7 Å². The molecule has 166 valence electrons. The van der Waals surface area contributed by atoms with Crippen LogP contribution in [0.4, 0.5) is 5.69 Å². The van der Waals surface area contributed by atoms with Crippen molar-refractivity contribution in [2.75, 3.05) is 18.9 Å². The summed E-state index contributed by atoms with van der Waals surface area (Å²) in [6, 6.07) is 12.7. The maximum Gasteiger partial charge on any atom is 0.245 e. The Hall–Kier alpha value is -3.15. The molecule has 0 aliphatic rings. The molecule has 0 bridgehead atoms. The van der Waals surface area contributed by atoms with E-state index in [4.69, 9.17) is 0 Å². The van der Waals surface area contributed by atoms with Gasteiger partial charge in [-0.3, -0.25) is 14.4 Å². The van der Waals surface area contributed by atoms with E-state index in [1.54, 1.807) is 7.05 Å². The molecule has 31 heavy (non-hydrogen) atoms. The van der Waals surface area contributed by atoms with Crippen molar-refractivity contribution in [1.29, 1.82) is 0 Å². The fourth-order valence-electron chi connectivity index (χ4n) is 3.61. The molecular formula is C25H33N3O3. The number of rotatable bonds is 8. The van der Waals surface area contributed by atoms with Crippen LogP contribution in [0.5, 0.6) is 0 Å². The van der Waals surface area contributed by atoms with Gasteiger partial charge in [-0.15, -0.1) is 0 Å². The van der Waals surface area contributed by atoms with Crippen molar-refractivity contribution in [2.45, 2.75) is 47.1 Å². The smallest absolute Gasteiger partial charge is 0.245 e. The standard InChI is InChI=1S/C25H33N3O3/c1-16(2)23(26-21(29)14-20-10-8-7-9-11-20)25(31)28(6)15-22(30)27-24-18(4)12-17(3)13-19(24)5/h7-13,16,23H,14-15H2,1-6H3,(H,26,29)(H,27,30). The quantitative estimate of drug-likeness (QED) is 0.683. The first-order valence-corrected chi connectivity index (χ1v) is 10.5. The zero-order valence-corrected chi connectivity index (χ0v) is 19.3. The SMILES string of the molecule is Cc1cc(C)c(NC(=O)CN(C)C(=O)C(NC(=O)Cc2ccccc2)C(C)C)c(C)c1. The minimum Gasteiger partial charge on any atom is -0.344 e. The minimum absolute atomic E-state index is 0.0939. The number of carbonyl (C=O) groups excluding carboxylic acids is 3. The summed E-state index contributed by atoms with van der Waals surface area (Å²) >= 11 is 0. The zero-order valence-electron chi connectivity index (χ0n) is 19.3. The monoisotopic (exact) mass is 423 g/mol. The molecule has 0 aliphatic carbocycles. The Balaban J connectivity index is 2.00. The maximum absolute atomic E-state index is 13.0. The molecule has 2 rings (SSSR count). The first kappa shape index (κ1) is 24.1. The molecule has 0 spiro atoms. The van der Waals surface area contributed by atoms with Crippen molar-refractivity contribution in [1.82, 2.24) is 10.2 Å². The molecule has 2 aromatic carbocycles. The third kappa shape index (κ3) is 6.95. The Morgan fingerprint density at radius 2 is 1.52 bits per heavy atom. The average Bonchev–Trinajstić information content (AvgIpc) is 2.68. The fraction of sp³-hybridized carbons (Fsp3) is 0.400. The molecule has 6 nitrogen and oxygen atoms in total. The first-order chi connectivity index (χ1) is 14.6. The molecule has 3 amide bonds. The molecule has 0 heterocycles. The van der Waals surface area contributed by atoms with Crippen molar-refractivity contribution >= 4 is 23.4 Å². The molecule has 2 aromatic rings. The van der Waals surface area contributed by atoms with Crippen molar-refractivity contribution < 1.29 is 14.4 Å². The molecule has 6 heteroatoms. The number of nitrogens with zero attached hydrogens (tertiary/aromatic N) is 1. The van der Waals surface area contributed by atoms with Crippen LogP contribution in [0.1, 0.15) is 36.1 Å². The predicted octanol–water partition coefficient (Wildman–Crippen LogP) is 3.39. The van der Waals surface area contributed by atoms with E-state index in [-0.39, 0.29) is 36.6 Å². The lowest BCUT2D eigenvalue weighted by Crippen LogP contribution is -2.51. The second kappa shape index (κ2) is 10.8. The molecule has 0 radical (unpaired) electrons. The minimum atomic E-state index is -0.697. The van der Waals surface area contributed by atoms with Gasteiger partial charge in [-0.2, -0.15) is 0 Å². The third-order valence-electron chi connectivity index (χ3n) is 5.16. The summed E-state index contributed by atoms with van der Waals surface area (Å²) in [6.45, 7) is 9.55. The molecular weight excluding hydrogens is 390 g/mol. The third-order valence-corrected chi connectivity index (χ3v) is 5.16. The lowest BCUT2D eigenvalue weighted by molar-refractivity contribution is -0.138. The van der Waals surface area contributed by atoms with Crippen LogP contribution >= 0.6 is 0 Å². The highest BCUT2D eigenvalue weighted by Gasteiger charge is 2.28. The average molecular weight is 424 g/mol. The van der Waals surface area contributed by atoms with Gasteiger partial charge in [0.05, 0.1) is 13.0 Å². The molecule has 2 N–H and O–H groups in total. The zero-order chi connectivity index (χ0) is 23.1. The molecule has 0 aliphatic heterocycles. The van der Waals surface area contributed by atoms with E-state index >= 15 is 0 Å². The molecule has 0 aromatic heterocycles. The van der Waals surface area contributed by atoms with Crippen LogP contribution in [0.15, 0.2) is 42.5 Å². The Morgan fingerprint density at radius 3 is 2.06 bits per heavy atom. The van der Waals surface area contributed by atoms with Gasteiger partial charge >= 0.3 is 0 Å². The Labute approximate surface area is 185 Å². The Morgan fingerprint density at radius 1 is 0.935 bits per heavy atom. The predicted molar refractivity (Wildman–Crippen MR) is 124 cm³/mol. The summed E-state index contributed by atoms with van der Waals surface area (Å²) in [5.41, 5.74) is 4.74. The molecule has 1 unspecified atom stereocenters. The lowest BCUT2D eigenvalue weighted by Gasteiger charge is -2.27. The summed E-state index contributed by atoms with van der Waals surface area (Å²) in [5, 5.41) is 5.74. The highest BCUT2D eigenvalue weighted by molar-refractivity contribution is 5.97. The van der Waals surface area contributed by atoms with Gasteiger partial charge in [-0.05, 0) is 43.4 Å². The number of aryl methyl sites for hydroxylation is 3. The van der Waals surface area contributed by atoms with Crippen molar-refractivity contribution in [3.05, 3.63) is 64.7 Å². The summed E-state index contributed by atoms with van der Waals surface area (Å²) in [7, 11) is 1.58. The van der Waals surface area contributed by atoms with Crippen molar-refractivity contribution in [3.8, 4) is 0 Å². The van der Waals surface area contributed by atoms with E-state index in [0.29, 0.717) is 0 Å². The van der Waals surface area contributed by atoms with Gasteiger partial charge in [-0.25, -0.2) is 0 Å². The van der Waals surface area contributed by atoms with Crippen LogP contribution in [-0.4, -0.2) is 42.3 Å². The van der Waals surface area contributed by atoms with Gasteiger partial charge in [0, 0.05) is 12.7 Å². The normalized spacial score (nSPS) is 11.7. The number of nitrogens with one attached hydrogen (secondary N) is 2. The Bertz CT molecular complexity index is 915. The molecule has 1 atom stereocenters. The van der Waals surface area contributed by atoms with E-state index < -0.39 is 6.04 Å². The van der Waals surface area contributed by atoms with E-state index in [1.165, 1.54) is 4.90 Å². The Kier molecular flexibility index (Phi) is 8.37. The molecule has 0 fully saturated rings. The number of hydrogen-bond donors (Lipinski definition) is 2. The van der Waals surface area contributed by atoms with E-state index in [2.05, 4.69) is 10.6 Å². The number of carbonyl (C=O) groups is 3. The summed E-state index contributed by atoms with van der Waals surface area (Å²) in [4.78, 5) is 39.4. The largest absolute Gasteiger partial charge is 0.344 e. The number of hydrogen-bond acceptors (Lipinski definition) is 3. The summed E-state index contributed by atoms with van der Waals surface area (Å²) in [6.07, 6.45) is 0.202. The van der Waals surface area contributed by atoms with E-state index in [0.717, 1.165) is 27.9 Å². The van der Waals surface area contributed by atoms with Crippen LogP contribution in [0.2, 0.25) is 0 Å². The van der Waals surface area contributed by atoms with Crippen molar-refractivity contribution in [3.63, 3.8) is 0 Å². The van der Waals surface area contributed by atoms with Gasteiger partial charge in [-0.1, -0.05) is 61.9 Å². The highest BCUT2D eigenvalue weighted by atomic mass is 16.2. The second-order valence-electron chi connectivity index (χ2n) is 8.47. The fourth-order valence-corrected chi connectivity index (χ4v) is 3.61. The maximum atomic E-state index is 13.0.